The van der Waals surface area contributed by atoms with Crippen molar-refractivity contribution in [1.82, 2.24) is 5.32 Å². The standard InChI is InChI=1S/C17H16ClF2NO2/c18-16-11-13(20)5-8-15(16)17(22)21-9-1-2-10-23-14-6-3-12(19)4-7-14/h3-8,11H,1-2,9-10H2,(H,21,22). The molecule has 3 nitrogen and oxygen atoms in total. The fourth-order valence-electron chi connectivity index (χ4n) is 1.92. The topological polar surface area (TPSA) is 38.3 Å². The molecule has 0 aliphatic heterocycles. The van der Waals surface area contributed by atoms with E-state index >= 15 is 0 Å². The molecule has 0 aliphatic rings. The first kappa shape index (κ1) is 17.2. The van der Waals surface area contributed by atoms with Gasteiger partial charge in [-0.1, -0.05) is 11.6 Å². The van der Waals surface area contributed by atoms with Crippen LogP contribution in [0.25, 0.3) is 0 Å². The summed E-state index contributed by atoms with van der Waals surface area (Å²) < 4.78 is 31.1. The Kier molecular flexibility index (Phi) is 6.35. The maximum Gasteiger partial charge on any atom is 0.252 e. The van der Waals surface area contributed by atoms with Gasteiger partial charge in [-0.05, 0) is 55.3 Å². The molecule has 1 amide bonds. The van der Waals surface area contributed by atoms with Crippen molar-refractivity contribution in [3.05, 3.63) is 64.7 Å². The molecule has 2 rings (SSSR count). The Labute approximate surface area is 138 Å². The number of hydrogen-bond donors (Lipinski definition) is 1. The molecular formula is C17H16ClF2NO2. The lowest BCUT2D eigenvalue weighted by Gasteiger charge is -2.08. The lowest BCUT2D eigenvalue weighted by Crippen LogP contribution is -2.25. The van der Waals surface area contributed by atoms with Gasteiger partial charge < -0.3 is 10.1 Å². The molecule has 0 atom stereocenters. The molecule has 0 unspecified atom stereocenters. The van der Waals surface area contributed by atoms with Crippen LogP contribution in [-0.2, 0) is 0 Å². The lowest BCUT2D eigenvalue weighted by atomic mass is 10.2. The maximum atomic E-state index is 12.9. The molecule has 0 aromatic heterocycles. The molecule has 23 heavy (non-hydrogen) atoms. The second-order valence-corrected chi connectivity index (χ2v) is 5.30. The van der Waals surface area contributed by atoms with Crippen molar-refractivity contribution in [3.8, 4) is 5.75 Å². The van der Waals surface area contributed by atoms with E-state index in [4.69, 9.17) is 16.3 Å². The fourth-order valence-corrected chi connectivity index (χ4v) is 2.17. The van der Waals surface area contributed by atoms with Gasteiger partial charge >= 0.3 is 0 Å². The SMILES string of the molecule is O=C(NCCCCOc1ccc(F)cc1)c1ccc(F)cc1Cl. The van der Waals surface area contributed by atoms with Gasteiger partial charge in [0.15, 0.2) is 0 Å². The Hall–Kier alpha value is -2.14. The van der Waals surface area contributed by atoms with E-state index in [0.717, 1.165) is 12.5 Å². The highest BCUT2D eigenvalue weighted by Gasteiger charge is 2.10. The minimum atomic E-state index is -0.482. The lowest BCUT2D eigenvalue weighted by molar-refractivity contribution is 0.0952. The van der Waals surface area contributed by atoms with Gasteiger partial charge in [0.2, 0.25) is 0 Å². The smallest absolute Gasteiger partial charge is 0.252 e. The highest BCUT2D eigenvalue weighted by Crippen LogP contribution is 2.17. The summed E-state index contributed by atoms with van der Waals surface area (Å²) in [6.45, 7) is 0.929. The summed E-state index contributed by atoms with van der Waals surface area (Å²) in [5.41, 5.74) is 0.246. The van der Waals surface area contributed by atoms with E-state index in [2.05, 4.69) is 5.32 Å². The van der Waals surface area contributed by atoms with Crippen LogP contribution in [0.2, 0.25) is 5.02 Å². The van der Waals surface area contributed by atoms with E-state index < -0.39 is 5.82 Å². The Balaban J connectivity index is 1.65. The van der Waals surface area contributed by atoms with E-state index in [1.807, 2.05) is 0 Å². The Morgan fingerprint density at radius 2 is 1.74 bits per heavy atom. The molecule has 0 saturated carbocycles. The molecule has 0 fully saturated rings. The number of nitrogens with one attached hydrogen (secondary N) is 1. The molecule has 0 radical (unpaired) electrons. The number of benzene rings is 2. The van der Waals surface area contributed by atoms with Crippen LogP contribution in [0.3, 0.4) is 0 Å². The number of ether oxygens (including phenoxy) is 1. The maximum absolute atomic E-state index is 12.9. The first-order valence-electron chi connectivity index (χ1n) is 7.18. The average Bonchev–Trinajstić information content (AvgIpc) is 2.52. The Morgan fingerprint density at radius 1 is 1.04 bits per heavy atom. The van der Waals surface area contributed by atoms with E-state index in [-0.39, 0.29) is 22.3 Å². The third kappa shape index (κ3) is 5.53. The summed E-state index contributed by atoms with van der Waals surface area (Å²) in [5, 5.41) is 2.80. The molecule has 1 N–H and O–H groups in total. The molecular weight excluding hydrogens is 324 g/mol. The van der Waals surface area contributed by atoms with Gasteiger partial charge in [-0.15, -0.1) is 0 Å². The number of amides is 1. The second kappa shape index (κ2) is 8.48. The number of rotatable bonds is 7. The number of carbonyl (C=O) groups excluding carboxylic acids is 1. The number of halogens is 3. The van der Waals surface area contributed by atoms with Crippen LogP contribution in [0.5, 0.6) is 5.75 Å². The van der Waals surface area contributed by atoms with Crippen molar-refractivity contribution in [2.75, 3.05) is 13.2 Å². The van der Waals surface area contributed by atoms with Crippen LogP contribution in [0.15, 0.2) is 42.5 Å². The van der Waals surface area contributed by atoms with Gasteiger partial charge in [0.25, 0.3) is 5.91 Å². The summed E-state index contributed by atoms with van der Waals surface area (Å²) in [6, 6.07) is 9.44. The zero-order chi connectivity index (χ0) is 16.7. The normalized spacial score (nSPS) is 10.4. The minimum Gasteiger partial charge on any atom is -0.494 e. The van der Waals surface area contributed by atoms with E-state index in [0.29, 0.717) is 25.3 Å². The molecule has 0 aliphatic carbocycles. The summed E-state index contributed by atoms with van der Waals surface area (Å²) in [5.74, 6) is -0.521. The van der Waals surface area contributed by atoms with Gasteiger partial charge in [0.05, 0.1) is 17.2 Å². The summed E-state index contributed by atoms with van der Waals surface area (Å²) in [6.07, 6.45) is 1.44. The van der Waals surface area contributed by atoms with Gasteiger partial charge in [-0.3, -0.25) is 4.79 Å². The van der Waals surface area contributed by atoms with Crippen LogP contribution >= 0.6 is 11.6 Å². The van der Waals surface area contributed by atoms with Crippen molar-refractivity contribution < 1.29 is 18.3 Å². The summed E-state index contributed by atoms with van der Waals surface area (Å²) >= 11 is 5.82. The quantitative estimate of drug-likeness (QED) is 0.767. The zero-order valence-electron chi connectivity index (χ0n) is 12.3. The van der Waals surface area contributed by atoms with E-state index in [1.54, 1.807) is 12.1 Å². The monoisotopic (exact) mass is 339 g/mol. The van der Waals surface area contributed by atoms with Crippen molar-refractivity contribution in [2.24, 2.45) is 0 Å². The molecule has 0 saturated heterocycles. The third-order valence-corrected chi connectivity index (χ3v) is 3.43. The van der Waals surface area contributed by atoms with Crippen LogP contribution in [-0.4, -0.2) is 19.1 Å². The number of hydrogen-bond acceptors (Lipinski definition) is 2. The van der Waals surface area contributed by atoms with E-state index in [1.165, 1.54) is 24.3 Å². The van der Waals surface area contributed by atoms with Crippen molar-refractivity contribution in [3.63, 3.8) is 0 Å². The summed E-state index contributed by atoms with van der Waals surface area (Å²) in [4.78, 5) is 11.9. The Bertz CT molecular complexity index is 662. The van der Waals surface area contributed by atoms with Gasteiger partial charge in [-0.25, -0.2) is 8.78 Å². The highest BCUT2D eigenvalue weighted by atomic mass is 35.5. The fraction of sp³-hybridized carbons (Fsp3) is 0.235. The largest absolute Gasteiger partial charge is 0.494 e. The number of carbonyl (C=O) groups is 1. The average molecular weight is 340 g/mol. The molecule has 0 bridgehead atoms. The predicted octanol–water partition coefficient (Wildman–Crippen LogP) is 4.21. The van der Waals surface area contributed by atoms with Gasteiger partial charge in [-0.2, -0.15) is 0 Å². The first-order chi connectivity index (χ1) is 11.1. The molecule has 0 spiro atoms. The molecule has 0 heterocycles. The van der Waals surface area contributed by atoms with Crippen LogP contribution < -0.4 is 10.1 Å². The van der Waals surface area contributed by atoms with Crippen molar-refractivity contribution in [1.29, 1.82) is 0 Å². The van der Waals surface area contributed by atoms with Crippen LogP contribution in [0, 0.1) is 11.6 Å². The molecule has 122 valence electrons. The van der Waals surface area contributed by atoms with Crippen LogP contribution in [0.4, 0.5) is 8.78 Å². The molecule has 2 aromatic carbocycles. The predicted molar refractivity (Wildman–Crippen MR) is 84.9 cm³/mol. The van der Waals surface area contributed by atoms with Crippen molar-refractivity contribution in [2.45, 2.75) is 12.8 Å². The van der Waals surface area contributed by atoms with Crippen LogP contribution in [0.1, 0.15) is 23.2 Å². The number of unbranched alkanes of at least 4 members (excludes halogenated alkanes) is 1. The molecule has 2 aromatic rings. The third-order valence-electron chi connectivity index (χ3n) is 3.11. The zero-order valence-corrected chi connectivity index (χ0v) is 13.1. The summed E-state index contributed by atoms with van der Waals surface area (Å²) in [7, 11) is 0. The molecule has 6 heteroatoms. The first-order valence-corrected chi connectivity index (χ1v) is 7.55. The van der Waals surface area contributed by atoms with Crippen molar-refractivity contribution >= 4 is 17.5 Å². The van der Waals surface area contributed by atoms with Gasteiger partial charge in [0, 0.05) is 6.54 Å². The second-order valence-electron chi connectivity index (χ2n) is 4.89. The highest BCUT2D eigenvalue weighted by molar-refractivity contribution is 6.33. The Morgan fingerprint density at radius 3 is 2.43 bits per heavy atom. The van der Waals surface area contributed by atoms with Gasteiger partial charge in [0.1, 0.15) is 17.4 Å². The van der Waals surface area contributed by atoms with E-state index in [9.17, 15) is 13.6 Å². The minimum absolute atomic E-state index is 0.0853.